The summed E-state index contributed by atoms with van der Waals surface area (Å²) in [5.74, 6) is 0.568. The van der Waals surface area contributed by atoms with E-state index in [-0.39, 0.29) is 0 Å². The van der Waals surface area contributed by atoms with Crippen LogP contribution in [0.5, 0.6) is 5.75 Å². The van der Waals surface area contributed by atoms with Gasteiger partial charge in [0.2, 0.25) is 0 Å². The zero-order chi connectivity index (χ0) is 9.68. The summed E-state index contributed by atoms with van der Waals surface area (Å²) >= 11 is 0. The molecule has 0 radical (unpaired) electrons. The van der Waals surface area contributed by atoms with Crippen molar-refractivity contribution in [1.82, 2.24) is 0 Å². The van der Waals surface area contributed by atoms with Gasteiger partial charge >= 0.3 is 0 Å². The quantitative estimate of drug-likeness (QED) is 0.665. The minimum Gasteiger partial charge on any atom is -0.494 e. The van der Waals surface area contributed by atoms with Crippen LogP contribution in [0.25, 0.3) is 0 Å². The van der Waals surface area contributed by atoms with Crippen molar-refractivity contribution in [2.75, 3.05) is 18.8 Å². The lowest BCUT2D eigenvalue weighted by Crippen LogP contribution is -2.13. The maximum atomic E-state index is 13.3. The van der Waals surface area contributed by atoms with Gasteiger partial charge in [0.1, 0.15) is 11.4 Å². The summed E-state index contributed by atoms with van der Waals surface area (Å²) in [6, 6.07) is 7.06. The van der Waals surface area contributed by atoms with Gasteiger partial charge in [0.05, 0.1) is 13.7 Å². The molecule has 1 aromatic rings. The molecule has 0 N–H and O–H groups in total. The summed E-state index contributed by atoms with van der Waals surface area (Å²) in [6.45, 7) is 2.32. The van der Waals surface area contributed by atoms with Gasteiger partial charge in [-0.05, 0) is 18.6 Å². The van der Waals surface area contributed by atoms with Crippen molar-refractivity contribution in [2.45, 2.75) is 13.3 Å². The van der Waals surface area contributed by atoms with Crippen LogP contribution in [-0.4, -0.2) is 13.7 Å². The van der Waals surface area contributed by atoms with E-state index >= 15 is 0 Å². The highest BCUT2D eigenvalue weighted by Crippen LogP contribution is 2.27. The molecule has 0 aromatic heterocycles. The van der Waals surface area contributed by atoms with Crippen LogP contribution >= 0.6 is 0 Å². The molecule has 0 aliphatic rings. The Balaban J connectivity index is 2.85. The normalized spacial score (nSPS) is 9.77. The van der Waals surface area contributed by atoms with Crippen LogP contribution in [0, 0.1) is 0 Å². The van der Waals surface area contributed by atoms with Gasteiger partial charge in [-0.1, -0.05) is 23.5 Å². The summed E-state index contributed by atoms with van der Waals surface area (Å²) in [7, 11) is 1.54. The maximum absolute atomic E-state index is 13.3. The van der Waals surface area contributed by atoms with E-state index in [1.54, 1.807) is 25.3 Å². The molecule has 0 spiro atoms. The molecule has 0 fully saturated rings. The topological polar surface area (TPSA) is 12.5 Å². The number of halogens is 1. The van der Waals surface area contributed by atoms with Gasteiger partial charge in [-0.15, -0.1) is 0 Å². The molecule has 0 heterocycles. The number of benzene rings is 1. The predicted octanol–water partition coefficient (Wildman–Crippen LogP) is 2.80. The van der Waals surface area contributed by atoms with Gasteiger partial charge in [0.25, 0.3) is 0 Å². The molecular weight excluding hydrogens is 169 g/mol. The molecule has 0 saturated heterocycles. The van der Waals surface area contributed by atoms with E-state index in [1.807, 2.05) is 13.0 Å². The van der Waals surface area contributed by atoms with E-state index in [1.165, 1.54) is 0 Å². The number of para-hydroxylation sites is 2. The van der Waals surface area contributed by atoms with Crippen molar-refractivity contribution >= 4 is 5.69 Å². The number of nitrogens with zero attached hydrogens (tertiary/aromatic N) is 1. The number of anilines is 1. The molecule has 0 bridgehead atoms. The van der Waals surface area contributed by atoms with Gasteiger partial charge in [0, 0.05) is 0 Å². The highest BCUT2D eigenvalue weighted by molar-refractivity contribution is 5.56. The molecule has 0 saturated carbocycles. The molecule has 1 aromatic carbocycles. The summed E-state index contributed by atoms with van der Waals surface area (Å²) in [6.07, 6.45) is 0.772. The minimum atomic E-state index is 0.389. The molecule has 2 nitrogen and oxygen atoms in total. The lowest BCUT2D eigenvalue weighted by Gasteiger charge is -2.15. The summed E-state index contributed by atoms with van der Waals surface area (Å²) in [5.41, 5.74) is 0.492. The van der Waals surface area contributed by atoms with E-state index in [0.29, 0.717) is 23.1 Å². The Hall–Kier alpha value is -1.25. The Morgan fingerprint density at radius 2 is 2.08 bits per heavy atom. The second kappa shape index (κ2) is 4.70. The third kappa shape index (κ3) is 2.34. The Morgan fingerprint density at radius 3 is 2.69 bits per heavy atom. The Labute approximate surface area is 77.9 Å². The van der Waals surface area contributed by atoms with Crippen LogP contribution in [0.2, 0.25) is 0 Å². The molecule has 3 heteroatoms. The first kappa shape index (κ1) is 9.84. The van der Waals surface area contributed by atoms with Crippen molar-refractivity contribution in [1.29, 1.82) is 0 Å². The van der Waals surface area contributed by atoms with E-state index in [9.17, 15) is 4.48 Å². The largest absolute Gasteiger partial charge is 0.494 e. The van der Waals surface area contributed by atoms with Crippen LogP contribution < -0.4 is 9.86 Å². The van der Waals surface area contributed by atoms with Crippen molar-refractivity contribution in [2.24, 2.45) is 0 Å². The van der Waals surface area contributed by atoms with Gasteiger partial charge in [-0.3, -0.25) is 0 Å². The SMILES string of the molecule is CCCN(F)c1ccccc1OC. The molecule has 72 valence electrons. The maximum Gasteiger partial charge on any atom is 0.144 e. The van der Waals surface area contributed by atoms with Gasteiger partial charge in [0.15, 0.2) is 0 Å². The summed E-state index contributed by atoms with van der Waals surface area (Å²) in [5, 5.41) is 0.707. The predicted molar refractivity (Wildman–Crippen MR) is 51.7 cm³/mol. The molecule has 0 aliphatic heterocycles. The first-order valence-electron chi connectivity index (χ1n) is 4.36. The van der Waals surface area contributed by atoms with Crippen LogP contribution in [0.15, 0.2) is 24.3 Å². The smallest absolute Gasteiger partial charge is 0.144 e. The van der Waals surface area contributed by atoms with Crippen molar-refractivity contribution < 1.29 is 9.22 Å². The molecular formula is C10H14FNO. The third-order valence-corrected chi connectivity index (χ3v) is 1.77. The van der Waals surface area contributed by atoms with Gasteiger partial charge in [-0.2, -0.15) is 0 Å². The van der Waals surface area contributed by atoms with Crippen LogP contribution in [0.4, 0.5) is 10.2 Å². The van der Waals surface area contributed by atoms with Crippen LogP contribution in [-0.2, 0) is 0 Å². The lowest BCUT2D eigenvalue weighted by molar-refractivity contribution is 0.390. The monoisotopic (exact) mass is 183 g/mol. The molecule has 0 atom stereocenters. The number of ether oxygens (including phenoxy) is 1. The average molecular weight is 183 g/mol. The molecule has 0 aliphatic carbocycles. The zero-order valence-electron chi connectivity index (χ0n) is 7.96. The molecule has 0 unspecified atom stereocenters. The van der Waals surface area contributed by atoms with E-state index in [4.69, 9.17) is 4.74 Å². The summed E-state index contributed by atoms with van der Waals surface area (Å²) in [4.78, 5) is 0. The fourth-order valence-electron chi connectivity index (χ4n) is 1.15. The number of methoxy groups -OCH3 is 1. The highest BCUT2D eigenvalue weighted by Gasteiger charge is 2.08. The second-order valence-corrected chi connectivity index (χ2v) is 2.76. The number of hydrogen-bond acceptors (Lipinski definition) is 2. The average Bonchev–Trinajstić information content (AvgIpc) is 2.18. The number of hydrogen-bond donors (Lipinski definition) is 0. The van der Waals surface area contributed by atoms with Gasteiger partial charge in [-0.25, -0.2) is 5.12 Å². The fourth-order valence-corrected chi connectivity index (χ4v) is 1.15. The number of rotatable bonds is 4. The standard InChI is InChI=1S/C10H14FNO/c1-3-8-12(11)9-6-4-5-7-10(9)13-2/h4-7H,3,8H2,1-2H3. The highest BCUT2D eigenvalue weighted by atomic mass is 19.2. The Morgan fingerprint density at radius 1 is 1.38 bits per heavy atom. The van der Waals surface area contributed by atoms with Gasteiger partial charge < -0.3 is 4.74 Å². The van der Waals surface area contributed by atoms with Crippen LogP contribution in [0.1, 0.15) is 13.3 Å². The third-order valence-electron chi connectivity index (χ3n) is 1.77. The molecule has 1 rings (SSSR count). The Bertz CT molecular complexity index is 265. The summed E-state index contributed by atoms with van der Waals surface area (Å²) < 4.78 is 18.4. The van der Waals surface area contributed by atoms with Crippen molar-refractivity contribution in [3.8, 4) is 5.75 Å². The van der Waals surface area contributed by atoms with Crippen molar-refractivity contribution in [3.63, 3.8) is 0 Å². The fraction of sp³-hybridized carbons (Fsp3) is 0.400. The first-order chi connectivity index (χ1) is 6.29. The molecule has 0 amide bonds. The van der Waals surface area contributed by atoms with E-state index < -0.39 is 0 Å². The zero-order valence-corrected chi connectivity index (χ0v) is 7.96. The Kier molecular flexibility index (Phi) is 3.55. The lowest BCUT2D eigenvalue weighted by atomic mass is 10.3. The minimum absolute atomic E-state index is 0.389. The van der Waals surface area contributed by atoms with Crippen LogP contribution in [0.3, 0.4) is 0 Å². The van der Waals surface area contributed by atoms with E-state index in [0.717, 1.165) is 6.42 Å². The molecule has 13 heavy (non-hydrogen) atoms. The van der Waals surface area contributed by atoms with E-state index in [2.05, 4.69) is 0 Å². The second-order valence-electron chi connectivity index (χ2n) is 2.76. The van der Waals surface area contributed by atoms with Crippen molar-refractivity contribution in [3.05, 3.63) is 24.3 Å². The first-order valence-corrected chi connectivity index (χ1v) is 4.36.